The van der Waals surface area contributed by atoms with Gasteiger partial charge in [-0.05, 0) is 31.9 Å². The Bertz CT molecular complexity index is 389. The number of piperidine rings is 2. The van der Waals surface area contributed by atoms with Gasteiger partial charge in [0.1, 0.15) is 0 Å². The predicted octanol–water partition coefficient (Wildman–Crippen LogP) is 1.58. The molecule has 2 aliphatic heterocycles. The van der Waals surface area contributed by atoms with Crippen LogP contribution < -0.4 is 5.32 Å². The molecule has 0 radical (unpaired) electrons. The van der Waals surface area contributed by atoms with Crippen molar-refractivity contribution in [2.24, 2.45) is 5.92 Å². The van der Waals surface area contributed by atoms with Crippen LogP contribution in [0, 0.1) is 5.92 Å². The van der Waals surface area contributed by atoms with E-state index in [9.17, 15) is 9.59 Å². The van der Waals surface area contributed by atoms with Gasteiger partial charge < -0.3 is 15.1 Å². The number of hydrogen-bond donors (Lipinski definition) is 1. The molecule has 0 spiro atoms. The summed E-state index contributed by atoms with van der Waals surface area (Å²) in [5, 5.41) is 3.25. The minimum atomic E-state index is 0.0884. The van der Waals surface area contributed by atoms with Crippen LogP contribution in [0.5, 0.6) is 0 Å². The van der Waals surface area contributed by atoms with E-state index >= 15 is 0 Å². The number of carbonyl (C=O) groups is 2. The van der Waals surface area contributed by atoms with E-state index in [1.165, 1.54) is 5.75 Å². The van der Waals surface area contributed by atoms with E-state index in [0.29, 0.717) is 12.5 Å². The number of amides is 2. The van der Waals surface area contributed by atoms with Gasteiger partial charge >= 0.3 is 0 Å². The van der Waals surface area contributed by atoms with Crippen LogP contribution in [-0.2, 0) is 9.59 Å². The summed E-state index contributed by atoms with van der Waals surface area (Å²) in [5.41, 5.74) is 0. The van der Waals surface area contributed by atoms with Crippen molar-refractivity contribution in [2.45, 2.75) is 45.1 Å². The molecule has 0 aromatic rings. The molecule has 0 unspecified atom stereocenters. The monoisotopic (exact) mass is 341 g/mol. The maximum absolute atomic E-state index is 12.4. The highest BCUT2D eigenvalue weighted by Crippen LogP contribution is 2.19. The molecule has 2 aliphatic rings. The lowest BCUT2D eigenvalue weighted by Crippen LogP contribution is -2.48. The molecule has 6 heteroatoms. The Labute approximate surface area is 144 Å². The molecule has 2 saturated heterocycles. The number of hydrogen-bond acceptors (Lipinski definition) is 4. The summed E-state index contributed by atoms with van der Waals surface area (Å²) in [6, 6.07) is 0.336. The summed E-state index contributed by atoms with van der Waals surface area (Å²) in [7, 11) is 0. The van der Waals surface area contributed by atoms with Crippen LogP contribution in [0.3, 0.4) is 0 Å². The highest BCUT2D eigenvalue weighted by Gasteiger charge is 2.28. The first-order chi connectivity index (χ1) is 11.1. The van der Waals surface area contributed by atoms with Crippen molar-refractivity contribution >= 4 is 23.6 Å². The van der Waals surface area contributed by atoms with Crippen LogP contribution in [0.4, 0.5) is 0 Å². The molecule has 0 atom stereocenters. The molecule has 0 aromatic carbocycles. The Morgan fingerprint density at radius 3 is 2.30 bits per heavy atom. The summed E-state index contributed by atoms with van der Waals surface area (Å²) in [6.07, 6.45) is 6.45. The van der Waals surface area contributed by atoms with Gasteiger partial charge in [-0.25, -0.2) is 0 Å². The van der Waals surface area contributed by atoms with Crippen molar-refractivity contribution in [3.63, 3.8) is 0 Å². The third-order valence-corrected chi connectivity index (χ3v) is 5.66. The molecule has 23 heavy (non-hydrogen) atoms. The zero-order chi connectivity index (χ0) is 16.7. The number of nitrogens with one attached hydrogen (secondary N) is 1. The number of likely N-dealkylation sites (tertiary alicyclic amines) is 2. The topological polar surface area (TPSA) is 52.7 Å². The molecule has 0 aromatic heterocycles. The van der Waals surface area contributed by atoms with Crippen molar-refractivity contribution < 1.29 is 9.59 Å². The van der Waals surface area contributed by atoms with Gasteiger partial charge in [0.05, 0.1) is 0 Å². The average molecular weight is 342 g/mol. The highest BCUT2D eigenvalue weighted by atomic mass is 32.2. The van der Waals surface area contributed by atoms with E-state index in [-0.39, 0.29) is 17.7 Å². The fraction of sp³-hybridized carbons (Fsp3) is 0.882. The lowest BCUT2D eigenvalue weighted by Gasteiger charge is -2.35. The van der Waals surface area contributed by atoms with E-state index in [4.69, 9.17) is 0 Å². The standard InChI is InChI=1S/C17H31N3O2S/c1-3-16(21)20-10-4-14(5-11-20)17(22)18-15-6-8-19(9-7-15)12-13-23-2/h14-15H,3-13H2,1-2H3,(H,18,22). The molecule has 0 bridgehead atoms. The maximum atomic E-state index is 12.4. The number of rotatable bonds is 6. The van der Waals surface area contributed by atoms with Crippen LogP contribution in [-0.4, -0.2) is 72.4 Å². The third kappa shape index (κ3) is 5.68. The van der Waals surface area contributed by atoms with Gasteiger partial charge in [0.25, 0.3) is 0 Å². The number of thioether (sulfide) groups is 1. The molecule has 5 nitrogen and oxygen atoms in total. The van der Waals surface area contributed by atoms with Gasteiger partial charge in [0.15, 0.2) is 0 Å². The Morgan fingerprint density at radius 1 is 1.09 bits per heavy atom. The molecule has 2 fully saturated rings. The predicted molar refractivity (Wildman–Crippen MR) is 95.6 cm³/mol. The lowest BCUT2D eigenvalue weighted by atomic mass is 9.94. The largest absolute Gasteiger partial charge is 0.353 e. The van der Waals surface area contributed by atoms with Gasteiger partial charge in [-0.2, -0.15) is 11.8 Å². The molecule has 1 N–H and O–H groups in total. The van der Waals surface area contributed by atoms with Crippen LogP contribution in [0.1, 0.15) is 39.0 Å². The molecule has 2 rings (SSSR count). The first-order valence-electron chi connectivity index (χ1n) is 8.93. The number of carbonyl (C=O) groups excluding carboxylic acids is 2. The Kier molecular flexibility index (Phi) is 7.70. The van der Waals surface area contributed by atoms with Crippen LogP contribution in [0.15, 0.2) is 0 Å². The molecule has 2 amide bonds. The zero-order valence-electron chi connectivity index (χ0n) is 14.6. The van der Waals surface area contributed by atoms with Crippen LogP contribution in [0.2, 0.25) is 0 Å². The second-order valence-electron chi connectivity index (χ2n) is 6.63. The Hall–Kier alpha value is -0.750. The van der Waals surface area contributed by atoms with Crippen molar-refractivity contribution in [3.05, 3.63) is 0 Å². The first kappa shape index (κ1) is 18.6. The van der Waals surface area contributed by atoms with Crippen molar-refractivity contribution in [3.8, 4) is 0 Å². The van der Waals surface area contributed by atoms with Gasteiger partial charge in [0.2, 0.25) is 11.8 Å². The fourth-order valence-corrected chi connectivity index (χ4v) is 3.90. The summed E-state index contributed by atoms with van der Waals surface area (Å²) in [4.78, 5) is 28.5. The number of nitrogens with zero attached hydrogens (tertiary/aromatic N) is 2. The maximum Gasteiger partial charge on any atom is 0.223 e. The summed E-state index contributed by atoms with van der Waals surface area (Å²) < 4.78 is 0. The quantitative estimate of drug-likeness (QED) is 0.797. The molecular weight excluding hydrogens is 310 g/mol. The smallest absolute Gasteiger partial charge is 0.223 e. The SMILES string of the molecule is CCC(=O)N1CCC(C(=O)NC2CCN(CCSC)CC2)CC1. The Morgan fingerprint density at radius 2 is 1.74 bits per heavy atom. The Balaban J connectivity index is 1.67. The van der Waals surface area contributed by atoms with Crippen LogP contribution >= 0.6 is 11.8 Å². The normalized spacial score (nSPS) is 21.4. The van der Waals surface area contributed by atoms with Crippen molar-refractivity contribution in [1.29, 1.82) is 0 Å². The second kappa shape index (κ2) is 9.52. The van der Waals surface area contributed by atoms with Crippen LogP contribution in [0.25, 0.3) is 0 Å². The van der Waals surface area contributed by atoms with E-state index < -0.39 is 0 Å². The highest BCUT2D eigenvalue weighted by molar-refractivity contribution is 7.98. The van der Waals surface area contributed by atoms with E-state index in [1.807, 2.05) is 23.6 Å². The fourth-order valence-electron chi connectivity index (χ4n) is 3.46. The average Bonchev–Trinajstić information content (AvgIpc) is 2.60. The molecule has 132 valence electrons. The molecular formula is C17H31N3O2S. The lowest BCUT2D eigenvalue weighted by molar-refractivity contribution is -0.135. The van der Waals surface area contributed by atoms with E-state index in [0.717, 1.165) is 58.4 Å². The molecule has 0 aliphatic carbocycles. The van der Waals surface area contributed by atoms with E-state index in [2.05, 4.69) is 16.5 Å². The van der Waals surface area contributed by atoms with Gasteiger partial charge in [-0.3, -0.25) is 9.59 Å². The summed E-state index contributed by atoms with van der Waals surface area (Å²) in [5.74, 6) is 1.69. The minimum absolute atomic E-state index is 0.0884. The van der Waals surface area contributed by atoms with Crippen molar-refractivity contribution in [2.75, 3.05) is 44.7 Å². The molecule has 2 heterocycles. The van der Waals surface area contributed by atoms with Gasteiger partial charge in [-0.1, -0.05) is 6.92 Å². The zero-order valence-corrected chi connectivity index (χ0v) is 15.4. The van der Waals surface area contributed by atoms with Gasteiger partial charge in [-0.15, -0.1) is 0 Å². The summed E-state index contributed by atoms with van der Waals surface area (Å²) in [6.45, 7) is 6.71. The second-order valence-corrected chi connectivity index (χ2v) is 7.61. The van der Waals surface area contributed by atoms with Gasteiger partial charge in [0, 0.05) is 56.9 Å². The summed E-state index contributed by atoms with van der Waals surface area (Å²) >= 11 is 1.89. The third-order valence-electron chi connectivity index (χ3n) is 5.07. The van der Waals surface area contributed by atoms with Crippen molar-refractivity contribution in [1.82, 2.24) is 15.1 Å². The van der Waals surface area contributed by atoms with E-state index in [1.54, 1.807) is 0 Å². The minimum Gasteiger partial charge on any atom is -0.353 e. The first-order valence-corrected chi connectivity index (χ1v) is 10.3. The molecule has 0 saturated carbocycles.